The minimum atomic E-state index is -1.22. The van der Waals surface area contributed by atoms with Crippen LogP contribution in [-0.4, -0.2) is 83.6 Å². The molecule has 1 rings (SSSR count). The monoisotopic (exact) mass is 407 g/mol. The lowest BCUT2D eigenvalue weighted by molar-refractivity contribution is -0.139. The van der Waals surface area contributed by atoms with Gasteiger partial charge in [-0.25, -0.2) is 0 Å². The van der Waals surface area contributed by atoms with Gasteiger partial charge in [-0.3, -0.25) is 19.2 Å². The van der Waals surface area contributed by atoms with Gasteiger partial charge in [0.2, 0.25) is 11.8 Å². The molecule has 2 unspecified atom stereocenters. The molecular formula is C15H25N3O8S. The Balaban J connectivity index is 2.45. The zero-order chi connectivity index (χ0) is 20.2. The summed E-state index contributed by atoms with van der Waals surface area (Å²) >= 11 is 1.38. The summed E-state index contributed by atoms with van der Waals surface area (Å²) in [7, 11) is 0. The van der Waals surface area contributed by atoms with E-state index in [9.17, 15) is 19.2 Å². The number of ether oxygens (including phenoxy) is 2. The van der Waals surface area contributed by atoms with Crippen LogP contribution in [0.4, 0.5) is 0 Å². The first kappa shape index (κ1) is 23.1. The summed E-state index contributed by atoms with van der Waals surface area (Å²) in [6, 6.07) is -2.12. The number of nitrogens with one attached hydrogen (secondary N) is 2. The molecule has 1 aliphatic rings. The molecule has 0 spiro atoms. The minimum Gasteiger partial charge on any atom is -0.480 e. The number of amides is 2. The van der Waals surface area contributed by atoms with Crippen molar-refractivity contribution in [3.8, 4) is 0 Å². The van der Waals surface area contributed by atoms with Crippen molar-refractivity contribution in [2.24, 2.45) is 5.73 Å². The number of hydrogen-bond acceptors (Lipinski definition) is 8. The van der Waals surface area contributed by atoms with E-state index in [1.165, 1.54) is 11.8 Å². The molecule has 6 N–H and O–H groups in total. The molecule has 154 valence electrons. The first-order valence-corrected chi connectivity index (χ1v) is 9.53. The lowest BCUT2D eigenvalue weighted by Crippen LogP contribution is -2.49. The molecule has 12 heteroatoms. The molecule has 1 heterocycles. The largest absolute Gasteiger partial charge is 0.480 e. The van der Waals surface area contributed by atoms with Crippen LogP contribution in [0.15, 0.2) is 0 Å². The number of carboxylic acid groups (broad SMARTS) is 2. The Labute approximate surface area is 160 Å². The second-order valence-electron chi connectivity index (χ2n) is 5.75. The molecule has 2 atom stereocenters. The van der Waals surface area contributed by atoms with Crippen LogP contribution in [0.5, 0.6) is 0 Å². The molecule has 0 saturated carbocycles. The van der Waals surface area contributed by atoms with Gasteiger partial charge in [-0.05, 0) is 12.2 Å². The van der Waals surface area contributed by atoms with Gasteiger partial charge in [0.1, 0.15) is 18.6 Å². The van der Waals surface area contributed by atoms with E-state index in [2.05, 4.69) is 10.6 Å². The zero-order valence-corrected chi connectivity index (χ0v) is 15.5. The lowest BCUT2D eigenvalue weighted by atomic mass is 10.1. The fourth-order valence-corrected chi connectivity index (χ4v) is 3.10. The van der Waals surface area contributed by atoms with Crippen LogP contribution in [-0.2, 0) is 28.7 Å². The maximum absolute atomic E-state index is 12.1. The quantitative estimate of drug-likeness (QED) is 0.222. The summed E-state index contributed by atoms with van der Waals surface area (Å²) in [6.45, 7) is 0.525. The molecule has 0 aromatic heterocycles. The van der Waals surface area contributed by atoms with Crippen LogP contribution in [0, 0.1) is 0 Å². The van der Waals surface area contributed by atoms with E-state index in [1.54, 1.807) is 0 Å². The molecule has 0 bridgehead atoms. The predicted octanol–water partition coefficient (Wildman–Crippen LogP) is -1.64. The van der Waals surface area contributed by atoms with E-state index in [-0.39, 0.29) is 24.9 Å². The first-order valence-electron chi connectivity index (χ1n) is 8.37. The van der Waals surface area contributed by atoms with Gasteiger partial charge in [-0.1, -0.05) is 0 Å². The Morgan fingerprint density at radius 2 is 1.85 bits per heavy atom. The van der Waals surface area contributed by atoms with Crippen molar-refractivity contribution in [2.45, 2.75) is 37.6 Å². The molecule has 2 amide bonds. The molecular weight excluding hydrogens is 382 g/mol. The highest BCUT2D eigenvalue weighted by Gasteiger charge is 2.23. The van der Waals surface area contributed by atoms with Crippen LogP contribution in [0.1, 0.15) is 19.3 Å². The zero-order valence-electron chi connectivity index (χ0n) is 14.7. The molecule has 27 heavy (non-hydrogen) atoms. The van der Waals surface area contributed by atoms with Crippen LogP contribution >= 0.6 is 11.8 Å². The average molecular weight is 407 g/mol. The van der Waals surface area contributed by atoms with E-state index >= 15 is 0 Å². The van der Waals surface area contributed by atoms with Crippen LogP contribution in [0.25, 0.3) is 0 Å². The molecule has 0 aromatic carbocycles. The van der Waals surface area contributed by atoms with Crippen molar-refractivity contribution in [3.05, 3.63) is 0 Å². The minimum absolute atomic E-state index is 0.0753. The number of hydrogen-bond donors (Lipinski definition) is 5. The highest BCUT2D eigenvalue weighted by Crippen LogP contribution is 2.13. The van der Waals surface area contributed by atoms with Gasteiger partial charge in [0.05, 0.1) is 13.2 Å². The smallest absolute Gasteiger partial charge is 0.322 e. The number of carbonyl (C=O) groups excluding carboxylic acids is 2. The van der Waals surface area contributed by atoms with Gasteiger partial charge >= 0.3 is 11.9 Å². The van der Waals surface area contributed by atoms with Crippen LogP contribution in [0.2, 0.25) is 0 Å². The Hall–Kier alpha value is -1.89. The number of carboxylic acids is 2. The van der Waals surface area contributed by atoms with Gasteiger partial charge in [-0.15, -0.1) is 0 Å². The Bertz CT molecular complexity index is 527. The van der Waals surface area contributed by atoms with Crippen LogP contribution < -0.4 is 16.4 Å². The van der Waals surface area contributed by atoms with Crippen molar-refractivity contribution in [1.82, 2.24) is 10.6 Å². The van der Waals surface area contributed by atoms with Gasteiger partial charge in [0.15, 0.2) is 6.29 Å². The van der Waals surface area contributed by atoms with E-state index in [0.717, 1.165) is 0 Å². The standard InChI is InChI=1S/C15H25N3O8S/c16-9(15(23)24)1-2-11(19)18-10(14(22)17-7-12(20)21)8-27-6-3-13-25-4-5-26-13/h9-10,13H,1-8,16H2,(H,17,22)(H,18,19)(H,20,21)(H,23,24). The van der Waals surface area contributed by atoms with E-state index in [1.807, 2.05) is 0 Å². The van der Waals surface area contributed by atoms with Crippen molar-refractivity contribution in [2.75, 3.05) is 31.3 Å². The molecule has 0 aliphatic carbocycles. The molecule has 1 fully saturated rings. The van der Waals surface area contributed by atoms with Gasteiger partial charge < -0.3 is 36.1 Å². The number of aliphatic carboxylic acids is 2. The summed E-state index contributed by atoms with van der Waals surface area (Å²) in [5, 5.41) is 22.1. The first-order chi connectivity index (χ1) is 12.8. The average Bonchev–Trinajstić information content (AvgIpc) is 3.13. The lowest BCUT2D eigenvalue weighted by Gasteiger charge is -2.18. The summed E-state index contributed by atoms with van der Waals surface area (Å²) in [5.74, 6) is -2.75. The number of carbonyl (C=O) groups is 4. The maximum Gasteiger partial charge on any atom is 0.322 e. The van der Waals surface area contributed by atoms with Gasteiger partial charge in [0.25, 0.3) is 0 Å². The maximum atomic E-state index is 12.1. The van der Waals surface area contributed by atoms with Gasteiger partial charge in [0, 0.05) is 18.6 Å². The van der Waals surface area contributed by atoms with Crippen molar-refractivity contribution >= 4 is 35.5 Å². The third-order valence-corrected chi connectivity index (χ3v) is 4.63. The number of thioether (sulfide) groups is 1. The Kier molecular flexibility index (Phi) is 10.7. The van der Waals surface area contributed by atoms with E-state index in [4.69, 9.17) is 25.4 Å². The Morgan fingerprint density at radius 1 is 1.19 bits per heavy atom. The predicted molar refractivity (Wildman–Crippen MR) is 95.1 cm³/mol. The normalized spacial score (nSPS) is 16.5. The second kappa shape index (κ2) is 12.5. The topological polar surface area (TPSA) is 177 Å². The molecule has 0 radical (unpaired) electrons. The van der Waals surface area contributed by atoms with Crippen molar-refractivity contribution in [1.29, 1.82) is 0 Å². The third-order valence-electron chi connectivity index (χ3n) is 3.54. The fraction of sp³-hybridized carbons (Fsp3) is 0.733. The molecule has 0 aromatic rings. The Morgan fingerprint density at radius 3 is 2.44 bits per heavy atom. The molecule has 11 nitrogen and oxygen atoms in total. The van der Waals surface area contributed by atoms with Crippen molar-refractivity contribution < 1.29 is 38.9 Å². The number of nitrogens with two attached hydrogens (primary N) is 1. The number of rotatable bonds is 13. The van der Waals surface area contributed by atoms with E-state index < -0.39 is 42.4 Å². The second-order valence-corrected chi connectivity index (χ2v) is 6.90. The fourth-order valence-electron chi connectivity index (χ4n) is 2.10. The van der Waals surface area contributed by atoms with Crippen LogP contribution in [0.3, 0.4) is 0 Å². The highest BCUT2D eigenvalue weighted by atomic mass is 32.2. The third kappa shape index (κ3) is 10.1. The van der Waals surface area contributed by atoms with Gasteiger partial charge in [-0.2, -0.15) is 11.8 Å². The van der Waals surface area contributed by atoms with E-state index in [0.29, 0.717) is 25.4 Å². The highest BCUT2D eigenvalue weighted by molar-refractivity contribution is 7.99. The SMILES string of the molecule is NC(CCC(=O)NC(CSCCC1OCCO1)C(=O)NCC(=O)O)C(=O)O. The molecule has 1 saturated heterocycles. The van der Waals surface area contributed by atoms with Crippen molar-refractivity contribution in [3.63, 3.8) is 0 Å². The molecule has 1 aliphatic heterocycles. The summed E-state index contributed by atoms with van der Waals surface area (Å²) in [6.07, 6.45) is 0.109. The summed E-state index contributed by atoms with van der Waals surface area (Å²) in [5.41, 5.74) is 5.34. The summed E-state index contributed by atoms with van der Waals surface area (Å²) in [4.78, 5) is 45.3. The summed E-state index contributed by atoms with van der Waals surface area (Å²) < 4.78 is 10.6.